The summed E-state index contributed by atoms with van der Waals surface area (Å²) in [5, 5.41) is 11.6. The Labute approximate surface area is 299 Å². The standard InChI is InChI=1S/C35H38F8N6O4/c1-46(2)29(50)4-3-12-47-19-26(25-8-7-24(36)17-27(25)37)33(20-47,35(41,42)43)31(53)45-32-44-11-15-49(32)18-22-5-6-23(34(38,39)40)16-28(22)48-13-9-21(10-14-48)30(51)52/h5-8,11,15-17,21,26H,3-4,9-10,12-14,18-20H2,1-2H3,(H,51,52)(H,44,45,53)/t26?,33-/m1/s1. The first-order chi connectivity index (χ1) is 24.8. The molecule has 2 aliphatic rings. The van der Waals surface area contributed by atoms with E-state index in [2.05, 4.69) is 10.3 Å². The van der Waals surface area contributed by atoms with Crippen LogP contribution in [0.4, 0.5) is 46.8 Å². The lowest BCUT2D eigenvalue weighted by atomic mass is 9.72. The molecule has 10 nitrogen and oxygen atoms in total. The summed E-state index contributed by atoms with van der Waals surface area (Å²) in [4.78, 5) is 45.9. The molecule has 3 heterocycles. The van der Waals surface area contributed by atoms with Gasteiger partial charge >= 0.3 is 18.3 Å². The van der Waals surface area contributed by atoms with Crippen LogP contribution in [0.2, 0.25) is 0 Å². The Hall–Kier alpha value is -4.74. The van der Waals surface area contributed by atoms with Crippen molar-refractivity contribution < 1.29 is 54.6 Å². The fourth-order valence-electron chi connectivity index (χ4n) is 7.08. The molecular formula is C35H38F8N6O4. The number of hydrogen-bond donors (Lipinski definition) is 2. The average Bonchev–Trinajstić information content (AvgIpc) is 3.69. The highest BCUT2D eigenvalue weighted by molar-refractivity contribution is 5.96. The van der Waals surface area contributed by atoms with Crippen molar-refractivity contribution in [3.05, 3.63) is 77.1 Å². The number of hydrogen-bond acceptors (Lipinski definition) is 6. The molecule has 5 rings (SSSR count). The Morgan fingerprint density at radius 2 is 1.72 bits per heavy atom. The molecule has 1 unspecified atom stereocenters. The third-order valence-electron chi connectivity index (χ3n) is 10.0. The Balaban J connectivity index is 1.47. The summed E-state index contributed by atoms with van der Waals surface area (Å²) in [6, 6.07) is 5.07. The number of imidazole rings is 1. The molecule has 0 spiro atoms. The average molecular weight is 759 g/mol. The van der Waals surface area contributed by atoms with Crippen molar-refractivity contribution in [3.63, 3.8) is 0 Å². The van der Waals surface area contributed by atoms with E-state index < -0.39 is 77.3 Å². The van der Waals surface area contributed by atoms with Crippen LogP contribution < -0.4 is 10.2 Å². The number of carboxylic acid groups (broad SMARTS) is 1. The molecule has 2 saturated heterocycles. The van der Waals surface area contributed by atoms with Gasteiger partial charge in [-0.2, -0.15) is 26.3 Å². The zero-order valence-corrected chi connectivity index (χ0v) is 28.8. The van der Waals surface area contributed by atoms with Crippen LogP contribution in [0.3, 0.4) is 0 Å². The quantitative estimate of drug-likeness (QED) is 0.232. The molecule has 2 N–H and O–H groups in total. The number of halogens is 8. The van der Waals surface area contributed by atoms with E-state index in [-0.39, 0.29) is 75.0 Å². The van der Waals surface area contributed by atoms with Crippen molar-refractivity contribution in [2.24, 2.45) is 11.3 Å². The number of benzene rings is 2. The van der Waals surface area contributed by atoms with Crippen LogP contribution in [0.15, 0.2) is 48.8 Å². The Morgan fingerprint density at radius 1 is 1.02 bits per heavy atom. The number of nitrogens with zero attached hydrogens (tertiary/aromatic N) is 5. The second-order valence-electron chi connectivity index (χ2n) is 13.6. The SMILES string of the molecule is CN(C)C(=O)CCCN1CC(c2ccc(F)cc2F)[C@](C(=O)Nc2nccn2Cc2ccc(C(F)(F)F)cc2N2CCC(C(=O)O)CC2)(C(F)(F)F)C1. The Kier molecular flexibility index (Phi) is 11.4. The molecule has 0 aliphatic carbocycles. The predicted molar refractivity (Wildman–Crippen MR) is 176 cm³/mol. The van der Waals surface area contributed by atoms with Gasteiger partial charge in [0.15, 0.2) is 5.41 Å². The molecule has 288 valence electrons. The molecular weight excluding hydrogens is 720 g/mol. The summed E-state index contributed by atoms with van der Waals surface area (Å²) in [5.74, 6) is -8.05. The van der Waals surface area contributed by atoms with Gasteiger partial charge in [0.1, 0.15) is 11.6 Å². The molecule has 53 heavy (non-hydrogen) atoms. The van der Waals surface area contributed by atoms with E-state index in [1.54, 1.807) is 4.90 Å². The Morgan fingerprint density at radius 3 is 2.32 bits per heavy atom. The second-order valence-corrected chi connectivity index (χ2v) is 13.6. The van der Waals surface area contributed by atoms with Crippen LogP contribution in [-0.2, 0) is 27.1 Å². The van der Waals surface area contributed by atoms with Crippen molar-refractivity contribution in [1.82, 2.24) is 19.4 Å². The number of aromatic nitrogens is 2. The van der Waals surface area contributed by atoms with Crippen LogP contribution in [-0.4, -0.2) is 95.2 Å². The summed E-state index contributed by atoms with van der Waals surface area (Å²) >= 11 is 0. The van der Waals surface area contributed by atoms with Gasteiger partial charge in [0, 0.05) is 76.8 Å². The van der Waals surface area contributed by atoms with E-state index in [9.17, 15) is 37.1 Å². The minimum Gasteiger partial charge on any atom is -0.481 e. The van der Waals surface area contributed by atoms with Crippen LogP contribution >= 0.6 is 0 Å². The molecule has 0 radical (unpaired) electrons. The molecule has 18 heteroatoms. The number of carbonyl (C=O) groups excluding carboxylic acids is 2. The van der Waals surface area contributed by atoms with Crippen molar-refractivity contribution >= 4 is 29.4 Å². The number of nitrogens with one attached hydrogen (secondary N) is 1. The van der Waals surface area contributed by atoms with Gasteiger partial charge in [0.2, 0.25) is 17.8 Å². The maximum atomic E-state index is 15.4. The molecule has 0 saturated carbocycles. The first-order valence-electron chi connectivity index (χ1n) is 16.8. The molecule has 2 fully saturated rings. The molecule has 0 bridgehead atoms. The molecule has 2 aliphatic heterocycles. The molecule has 2 atom stereocenters. The number of likely N-dealkylation sites (tertiary alicyclic amines) is 1. The number of piperidine rings is 1. The summed E-state index contributed by atoms with van der Waals surface area (Å²) in [7, 11) is 3.05. The molecule has 1 aromatic heterocycles. The topological polar surface area (TPSA) is 111 Å². The summed E-state index contributed by atoms with van der Waals surface area (Å²) < 4.78 is 118. The molecule has 2 aromatic carbocycles. The lowest BCUT2D eigenvalue weighted by Crippen LogP contribution is -2.53. The number of alkyl halides is 6. The number of amides is 2. The highest BCUT2D eigenvalue weighted by atomic mass is 19.4. The van der Waals surface area contributed by atoms with Gasteiger partial charge in [-0.1, -0.05) is 12.1 Å². The fraction of sp³-hybridized carbons (Fsp3) is 0.486. The van der Waals surface area contributed by atoms with Gasteiger partial charge in [-0.15, -0.1) is 0 Å². The monoisotopic (exact) mass is 758 g/mol. The highest BCUT2D eigenvalue weighted by Crippen LogP contribution is 2.54. The smallest absolute Gasteiger partial charge is 0.416 e. The lowest BCUT2D eigenvalue weighted by molar-refractivity contribution is -0.219. The minimum absolute atomic E-state index is 0.00519. The number of aliphatic carboxylic acids is 1. The van der Waals surface area contributed by atoms with E-state index in [0.29, 0.717) is 6.07 Å². The van der Waals surface area contributed by atoms with Crippen LogP contribution in [0, 0.1) is 23.0 Å². The Bertz CT molecular complexity index is 1820. The van der Waals surface area contributed by atoms with Crippen LogP contribution in [0.5, 0.6) is 0 Å². The predicted octanol–water partition coefficient (Wildman–Crippen LogP) is 5.98. The van der Waals surface area contributed by atoms with Gasteiger partial charge in [-0.25, -0.2) is 13.8 Å². The number of anilines is 2. The van der Waals surface area contributed by atoms with Gasteiger partial charge in [-0.3, -0.25) is 19.7 Å². The van der Waals surface area contributed by atoms with E-state index in [1.165, 1.54) is 46.9 Å². The lowest BCUT2D eigenvalue weighted by Gasteiger charge is -2.35. The maximum absolute atomic E-state index is 15.4. The number of rotatable bonds is 11. The number of carboxylic acids is 1. The van der Waals surface area contributed by atoms with Crippen molar-refractivity contribution in [1.29, 1.82) is 0 Å². The third-order valence-corrected chi connectivity index (χ3v) is 10.0. The third kappa shape index (κ3) is 8.41. The van der Waals surface area contributed by atoms with E-state index in [4.69, 9.17) is 0 Å². The first kappa shape index (κ1) is 39.5. The first-order valence-corrected chi connectivity index (χ1v) is 16.8. The van der Waals surface area contributed by atoms with Gasteiger partial charge in [0.05, 0.1) is 18.0 Å². The summed E-state index contributed by atoms with van der Waals surface area (Å²) in [5.41, 5.74) is -4.35. The van der Waals surface area contributed by atoms with Gasteiger partial charge < -0.3 is 24.4 Å². The van der Waals surface area contributed by atoms with E-state index in [0.717, 1.165) is 24.3 Å². The molecule has 2 amide bonds. The van der Waals surface area contributed by atoms with Gasteiger partial charge in [-0.05, 0) is 55.1 Å². The van der Waals surface area contributed by atoms with Crippen molar-refractivity contribution in [2.75, 3.05) is 57.0 Å². The number of carbonyl (C=O) groups is 3. The van der Waals surface area contributed by atoms with Crippen LogP contribution in [0.1, 0.15) is 48.3 Å². The van der Waals surface area contributed by atoms with Crippen molar-refractivity contribution in [2.45, 2.75) is 50.5 Å². The van der Waals surface area contributed by atoms with E-state index >= 15 is 17.6 Å². The van der Waals surface area contributed by atoms with E-state index in [1.807, 2.05) is 0 Å². The molecule has 3 aromatic rings. The van der Waals surface area contributed by atoms with Gasteiger partial charge in [0.25, 0.3) is 0 Å². The van der Waals surface area contributed by atoms with Crippen molar-refractivity contribution in [3.8, 4) is 0 Å². The van der Waals surface area contributed by atoms with Crippen LogP contribution in [0.25, 0.3) is 0 Å². The zero-order valence-electron chi connectivity index (χ0n) is 28.8. The zero-order chi connectivity index (χ0) is 38.9. The summed E-state index contributed by atoms with van der Waals surface area (Å²) in [6.45, 7) is -1.40. The maximum Gasteiger partial charge on any atom is 0.416 e. The minimum atomic E-state index is -5.28. The second kappa shape index (κ2) is 15.3. The summed E-state index contributed by atoms with van der Waals surface area (Å²) in [6.07, 6.45) is -7.00. The normalized spacial score (nSPS) is 20.1. The largest absolute Gasteiger partial charge is 0.481 e. The highest BCUT2D eigenvalue weighted by Gasteiger charge is 2.68. The fourth-order valence-corrected chi connectivity index (χ4v) is 7.08.